The van der Waals surface area contributed by atoms with Crippen LogP contribution in [0.2, 0.25) is 0 Å². The molecule has 0 radical (unpaired) electrons. The molecule has 0 atom stereocenters. The van der Waals surface area contributed by atoms with Gasteiger partial charge in [-0.3, -0.25) is 4.79 Å². The molecule has 0 bridgehead atoms. The second-order valence-electron chi connectivity index (χ2n) is 5.15. The zero-order valence-electron chi connectivity index (χ0n) is 14.4. The fourth-order valence-corrected chi connectivity index (χ4v) is 2.08. The average Bonchev–Trinajstić information content (AvgIpc) is 2.66. The van der Waals surface area contributed by atoms with Crippen LogP contribution in [-0.4, -0.2) is 25.8 Å². The van der Waals surface area contributed by atoms with Crippen LogP contribution in [-0.2, 0) is 4.79 Å². The summed E-state index contributed by atoms with van der Waals surface area (Å²) >= 11 is 0. The quantitative estimate of drug-likeness (QED) is 0.590. The molecule has 0 heterocycles. The molecule has 0 fully saturated rings. The molecular formula is C20H22N2O3. The van der Waals surface area contributed by atoms with Gasteiger partial charge in [0.25, 0.3) is 0 Å². The van der Waals surface area contributed by atoms with Crippen molar-refractivity contribution >= 4 is 18.2 Å². The molecule has 0 aliphatic carbocycles. The van der Waals surface area contributed by atoms with E-state index in [1.165, 1.54) is 0 Å². The van der Waals surface area contributed by atoms with E-state index >= 15 is 0 Å². The molecule has 2 aromatic carbocycles. The SMILES string of the molecule is CCC(=O)N/N=C/c1cccc(OC)c1OC/C=C/c1ccccc1. The van der Waals surface area contributed by atoms with Gasteiger partial charge in [-0.2, -0.15) is 5.10 Å². The number of methoxy groups -OCH3 is 1. The topological polar surface area (TPSA) is 59.9 Å². The Morgan fingerprint density at radius 1 is 1.16 bits per heavy atom. The molecule has 0 aliphatic rings. The van der Waals surface area contributed by atoms with Gasteiger partial charge in [-0.15, -0.1) is 0 Å². The number of hydrogen-bond donors (Lipinski definition) is 1. The van der Waals surface area contributed by atoms with Gasteiger partial charge < -0.3 is 9.47 Å². The van der Waals surface area contributed by atoms with Crippen molar-refractivity contribution in [2.45, 2.75) is 13.3 Å². The van der Waals surface area contributed by atoms with Gasteiger partial charge in [0.1, 0.15) is 6.61 Å². The molecular weight excluding hydrogens is 316 g/mol. The molecule has 0 saturated heterocycles. The fourth-order valence-electron chi connectivity index (χ4n) is 2.08. The number of ether oxygens (including phenoxy) is 2. The van der Waals surface area contributed by atoms with Crippen LogP contribution in [0.3, 0.4) is 0 Å². The summed E-state index contributed by atoms with van der Waals surface area (Å²) in [4.78, 5) is 11.3. The Hall–Kier alpha value is -3.08. The van der Waals surface area contributed by atoms with Crippen molar-refractivity contribution in [2.24, 2.45) is 5.10 Å². The maximum absolute atomic E-state index is 11.3. The van der Waals surface area contributed by atoms with Crippen molar-refractivity contribution in [1.29, 1.82) is 0 Å². The van der Waals surface area contributed by atoms with E-state index in [1.807, 2.05) is 60.7 Å². The first-order valence-corrected chi connectivity index (χ1v) is 8.08. The number of carbonyl (C=O) groups excluding carboxylic acids is 1. The Morgan fingerprint density at radius 2 is 1.96 bits per heavy atom. The molecule has 0 spiro atoms. The third-order valence-electron chi connectivity index (χ3n) is 3.38. The van der Waals surface area contributed by atoms with Gasteiger partial charge in [0.05, 0.1) is 13.3 Å². The van der Waals surface area contributed by atoms with Gasteiger partial charge in [-0.25, -0.2) is 5.43 Å². The number of amides is 1. The Labute approximate surface area is 148 Å². The van der Waals surface area contributed by atoms with Crippen molar-refractivity contribution in [3.05, 3.63) is 65.7 Å². The molecule has 0 unspecified atom stereocenters. The minimum absolute atomic E-state index is 0.146. The number of benzene rings is 2. The van der Waals surface area contributed by atoms with E-state index in [1.54, 1.807) is 20.2 Å². The average molecular weight is 338 g/mol. The number of hydrogen-bond acceptors (Lipinski definition) is 4. The Bertz CT molecular complexity index is 740. The van der Waals surface area contributed by atoms with Crippen molar-refractivity contribution in [1.82, 2.24) is 5.43 Å². The summed E-state index contributed by atoms with van der Waals surface area (Å²) in [5.74, 6) is 1.04. The van der Waals surface area contributed by atoms with Gasteiger partial charge in [0, 0.05) is 12.0 Å². The van der Waals surface area contributed by atoms with E-state index in [-0.39, 0.29) is 5.91 Å². The third kappa shape index (κ3) is 5.80. The molecule has 25 heavy (non-hydrogen) atoms. The maximum atomic E-state index is 11.3. The highest BCUT2D eigenvalue weighted by Gasteiger charge is 2.08. The number of hydrazone groups is 1. The van der Waals surface area contributed by atoms with Crippen molar-refractivity contribution < 1.29 is 14.3 Å². The lowest BCUT2D eigenvalue weighted by Gasteiger charge is -2.11. The second kappa shape index (κ2) is 9.93. The highest BCUT2D eigenvalue weighted by Crippen LogP contribution is 2.30. The highest BCUT2D eigenvalue weighted by atomic mass is 16.5. The molecule has 130 valence electrons. The minimum atomic E-state index is -0.146. The monoisotopic (exact) mass is 338 g/mol. The predicted molar refractivity (Wildman–Crippen MR) is 100.0 cm³/mol. The summed E-state index contributed by atoms with van der Waals surface area (Å²) in [5, 5.41) is 3.95. The summed E-state index contributed by atoms with van der Waals surface area (Å²) in [5.41, 5.74) is 4.29. The first-order chi connectivity index (χ1) is 12.2. The van der Waals surface area contributed by atoms with Crippen LogP contribution in [0.15, 0.2) is 59.7 Å². The van der Waals surface area contributed by atoms with Crippen LogP contribution in [0.25, 0.3) is 6.08 Å². The van der Waals surface area contributed by atoms with Crippen molar-refractivity contribution in [2.75, 3.05) is 13.7 Å². The lowest BCUT2D eigenvalue weighted by Crippen LogP contribution is -2.15. The van der Waals surface area contributed by atoms with Gasteiger partial charge in [0.2, 0.25) is 5.91 Å². The molecule has 1 N–H and O–H groups in total. The van der Waals surface area contributed by atoms with Crippen LogP contribution in [0, 0.1) is 0 Å². The Balaban J connectivity index is 2.07. The number of carbonyl (C=O) groups is 1. The largest absolute Gasteiger partial charge is 0.493 e. The van der Waals surface area contributed by atoms with Gasteiger partial charge >= 0.3 is 0 Å². The second-order valence-corrected chi connectivity index (χ2v) is 5.15. The van der Waals surface area contributed by atoms with E-state index in [0.29, 0.717) is 24.5 Å². The molecule has 0 aliphatic heterocycles. The lowest BCUT2D eigenvalue weighted by atomic mass is 10.2. The summed E-state index contributed by atoms with van der Waals surface area (Å²) in [6.45, 7) is 2.15. The standard InChI is InChI=1S/C20H22N2O3/c1-3-19(23)22-21-15-17-12-7-13-18(24-2)20(17)25-14-8-11-16-9-5-4-6-10-16/h4-13,15H,3,14H2,1-2H3,(H,22,23)/b11-8+,21-15+. The fraction of sp³-hybridized carbons (Fsp3) is 0.200. The Kier molecular flexibility index (Phi) is 7.25. The first-order valence-electron chi connectivity index (χ1n) is 8.08. The summed E-state index contributed by atoms with van der Waals surface area (Å²) < 4.78 is 11.2. The van der Waals surface area contributed by atoms with Gasteiger partial charge in [-0.1, -0.05) is 49.4 Å². The number of nitrogens with one attached hydrogen (secondary N) is 1. The van der Waals surface area contributed by atoms with Crippen molar-refractivity contribution in [3.8, 4) is 11.5 Å². The predicted octanol–water partition coefficient (Wildman–Crippen LogP) is 3.65. The molecule has 0 saturated carbocycles. The molecule has 2 rings (SSSR count). The summed E-state index contributed by atoms with van der Waals surface area (Å²) in [6.07, 6.45) is 5.85. The van der Waals surface area contributed by atoms with Crippen LogP contribution >= 0.6 is 0 Å². The number of nitrogens with zero attached hydrogens (tertiary/aromatic N) is 1. The van der Waals surface area contributed by atoms with E-state index in [4.69, 9.17) is 9.47 Å². The van der Waals surface area contributed by atoms with Crippen LogP contribution < -0.4 is 14.9 Å². The summed E-state index contributed by atoms with van der Waals surface area (Å²) in [7, 11) is 1.59. The van der Waals surface area contributed by atoms with Gasteiger partial charge in [-0.05, 0) is 23.8 Å². The molecule has 5 heteroatoms. The van der Waals surface area contributed by atoms with Gasteiger partial charge in [0.15, 0.2) is 11.5 Å². The van der Waals surface area contributed by atoms with E-state index < -0.39 is 0 Å². The molecule has 2 aromatic rings. The van der Waals surface area contributed by atoms with E-state index in [2.05, 4.69) is 10.5 Å². The Morgan fingerprint density at radius 3 is 2.68 bits per heavy atom. The minimum Gasteiger partial charge on any atom is -0.493 e. The third-order valence-corrected chi connectivity index (χ3v) is 3.38. The molecule has 0 aromatic heterocycles. The van der Waals surface area contributed by atoms with Crippen LogP contribution in [0.5, 0.6) is 11.5 Å². The summed E-state index contributed by atoms with van der Waals surface area (Å²) in [6, 6.07) is 15.5. The first kappa shape index (κ1) is 18.3. The molecule has 1 amide bonds. The van der Waals surface area contributed by atoms with E-state index in [9.17, 15) is 4.79 Å². The lowest BCUT2D eigenvalue weighted by molar-refractivity contribution is -0.120. The van der Waals surface area contributed by atoms with Crippen LogP contribution in [0.1, 0.15) is 24.5 Å². The van der Waals surface area contributed by atoms with E-state index in [0.717, 1.165) is 11.1 Å². The smallest absolute Gasteiger partial charge is 0.239 e. The normalized spacial score (nSPS) is 11.0. The highest BCUT2D eigenvalue weighted by molar-refractivity contribution is 5.86. The van der Waals surface area contributed by atoms with Crippen molar-refractivity contribution in [3.63, 3.8) is 0 Å². The zero-order chi connectivity index (χ0) is 17.9. The number of para-hydroxylation sites is 1. The number of rotatable bonds is 8. The van der Waals surface area contributed by atoms with Crippen LogP contribution in [0.4, 0.5) is 0 Å². The maximum Gasteiger partial charge on any atom is 0.239 e. The zero-order valence-corrected chi connectivity index (χ0v) is 14.4. The molecule has 5 nitrogen and oxygen atoms in total.